The number of hydrogen-bond donors (Lipinski definition) is 0. The van der Waals surface area contributed by atoms with Crippen LogP contribution in [-0.4, -0.2) is 51.6 Å². The molecule has 1 aliphatic rings. The zero-order valence-corrected chi connectivity index (χ0v) is 11.6. The Labute approximate surface area is 110 Å². The summed E-state index contributed by atoms with van der Waals surface area (Å²) in [4.78, 5) is 22.7. The molecule has 1 aromatic heterocycles. The van der Waals surface area contributed by atoms with Crippen LogP contribution in [0.15, 0.2) is 11.2 Å². The van der Waals surface area contributed by atoms with Gasteiger partial charge in [-0.3, -0.25) is 4.79 Å². The highest BCUT2D eigenvalue weighted by atomic mass is 32.2. The maximum absolute atomic E-state index is 12.2. The van der Waals surface area contributed by atoms with Crippen molar-refractivity contribution < 1.29 is 4.79 Å². The number of nitrogens with zero attached hydrogens (tertiary/aromatic N) is 3. The lowest BCUT2D eigenvalue weighted by molar-refractivity contribution is 0.0765. The van der Waals surface area contributed by atoms with E-state index in [-0.39, 0.29) is 5.91 Å². The third-order valence-electron chi connectivity index (χ3n) is 2.53. The largest absolute Gasteiger partial charge is 0.336 e. The molecular formula is C11H15N3OS2. The fraction of sp³-hybridized carbons (Fsp3) is 0.545. The molecule has 0 unspecified atom stereocenters. The number of hydrogen-bond acceptors (Lipinski definition) is 5. The Morgan fingerprint density at radius 2 is 2.12 bits per heavy atom. The highest BCUT2D eigenvalue weighted by Gasteiger charge is 2.20. The van der Waals surface area contributed by atoms with Gasteiger partial charge in [0.2, 0.25) is 0 Å². The molecule has 6 heteroatoms. The summed E-state index contributed by atoms with van der Waals surface area (Å²) in [7, 11) is 0. The van der Waals surface area contributed by atoms with Crippen molar-refractivity contribution in [2.24, 2.45) is 0 Å². The smallest absolute Gasteiger partial charge is 0.272 e. The van der Waals surface area contributed by atoms with Crippen LogP contribution in [0.25, 0.3) is 0 Å². The van der Waals surface area contributed by atoms with Crippen LogP contribution in [0.3, 0.4) is 0 Å². The van der Waals surface area contributed by atoms with Crippen LogP contribution < -0.4 is 0 Å². The summed E-state index contributed by atoms with van der Waals surface area (Å²) in [6.07, 6.45) is 1.92. The average Bonchev–Trinajstić information content (AvgIpc) is 2.38. The maximum atomic E-state index is 12.2. The van der Waals surface area contributed by atoms with Crippen LogP contribution in [0.4, 0.5) is 0 Å². The number of carbonyl (C=O) groups is 1. The second-order valence-corrected chi connectivity index (χ2v) is 5.78. The van der Waals surface area contributed by atoms with E-state index in [1.54, 1.807) is 6.07 Å². The van der Waals surface area contributed by atoms with Gasteiger partial charge in [0.15, 0.2) is 5.16 Å². The Morgan fingerprint density at radius 3 is 2.76 bits per heavy atom. The van der Waals surface area contributed by atoms with E-state index in [4.69, 9.17) is 0 Å². The van der Waals surface area contributed by atoms with E-state index in [1.165, 1.54) is 11.8 Å². The Kier molecular flexibility index (Phi) is 4.28. The van der Waals surface area contributed by atoms with Crippen LogP contribution >= 0.6 is 23.5 Å². The van der Waals surface area contributed by atoms with Crippen LogP contribution in [0.5, 0.6) is 0 Å². The molecule has 0 spiro atoms. The molecule has 0 N–H and O–H groups in total. The van der Waals surface area contributed by atoms with Gasteiger partial charge in [-0.15, -0.1) is 0 Å². The second-order valence-electron chi connectivity index (χ2n) is 3.79. The predicted molar refractivity (Wildman–Crippen MR) is 71.8 cm³/mol. The van der Waals surface area contributed by atoms with Crippen LogP contribution in [0, 0.1) is 6.92 Å². The molecule has 17 heavy (non-hydrogen) atoms. The highest BCUT2D eigenvalue weighted by Crippen LogP contribution is 2.15. The van der Waals surface area contributed by atoms with Crippen LogP contribution in [0.1, 0.15) is 16.2 Å². The van der Waals surface area contributed by atoms with Gasteiger partial charge in [0.05, 0.1) is 0 Å². The summed E-state index contributed by atoms with van der Waals surface area (Å²) in [6, 6.07) is 1.77. The minimum absolute atomic E-state index is 0.0334. The van der Waals surface area contributed by atoms with Gasteiger partial charge >= 0.3 is 0 Å². The molecule has 1 saturated heterocycles. The molecule has 0 atom stereocenters. The van der Waals surface area contributed by atoms with Gasteiger partial charge in [0, 0.05) is 30.3 Å². The van der Waals surface area contributed by atoms with Gasteiger partial charge in [-0.1, -0.05) is 11.8 Å². The topological polar surface area (TPSA) is 46.1 Å². The predicted octanol–water partition coefficient (Wildman–Crippen LogP) is 1.70. The van der Waals surface area contributed by atoms with Crippen molar-refractivity contribution in [1.29, 1.82) is 0 Å². The van der Waals surface area contributed by atoms with Gasteiger partial charge in [-0.05, 0) is 19.2 Å². The fourth-order valence-corrected chi connectivity index (χ4v) is 3.00. The highest BCUT2D eigenvalue weighted by molar-refractivity contribution is 7.99. The molecule has 0 saturated carbocycles. The van der Waals surface area contributed by atoms with Gasteiger partial charge < -0.3 is 4.90 Å². The van der Waals surface area contributed by atoms with E-state index >= 15 is 0 Å². The first-order valence-electron chi connectivity index (χ1n) is 5.47. The zero-order valence-electron chi connectivity index (χ0n) is 9.97. The molecule has 92 valence electrons. The Hall–Kier alpha value is -0.750. The number of amides is 1. The lowest BCUT2D eigenvalue weighted by Crippen LogP contribution is -2.38. The lowest BCUT2D eigenvalue weighted by atomic mass is 10.3. The minimum Gasteiger partial charge on any atom is -0.336 e. The lowest BCUT2D eigenvalue weighted by Gasteiger charge is -2.26. The van der Waals surface area contributed by atoms with Gasteiger partial charge in [-0.2, -0.15) is 11.8 Å². The summed E-state index contributed by atoms with van der Waals surface area (Å²) in [5, 5.41) is 0.666. The summed E-state index contributed by atoms with van der Waals surface area (Å²) < 4.78 is 0. The standard InChI is InChI=1S/C11H15N3OS2/c1-8-7-9(13-11(12-8)16-2)10(15)14-3-5-17-6-4-14/h7H,3-6H2,1-2H3. The van der Waals surface area contributed by atoms with Gasteiger partial charge in [-0.25, -0.2) is 9.97 Å². The number of aryl methyl sites for hydroxylation is 1. The normalized spacial score (nSPS) is 16.0. The van der Waals surface area contributed by atoms with Crippen LogP contribution in [-0.2, 0) is 0 Å². The second kappa shape index (κ2) is 5.73. The Balaban J connectivity index is 2.20. The Morgan fingerprint density at radius 1 is 1.41 bits per heavy atom. The zero-order chi connectivity index (χ0) is 12.3. The molecule has 2 rings (SSSR count). The van der Waals surface area contributed by atoms with E-state index < -0.39 is 0 Å². The molecular weight excluding hydrogens is 254 g/mol. The first kappa shape index (κ1) is 12.7. The summed E-state index contributed by atoms with van der Waals surface area (Å²) >= 11 is 3.36. The third kappa shape index (κ3) is 3.13. The summed E-state index contributed by atoms with van der Waals surface area (Å²) in [5.74, 6) is 2.07. The summed E-state index contributed by atoms with van der Waals surface area (Å²) in [5.41, 5.74) is 1.37. The molecule has 1 fully saturated rings. The molecule has 1 amide bonds. The van der Waals surface area contributed by atoms with E-state index in [0.29, 0.717) is 10.9 Å². The van der Waals surface area contributed by atoms with Gasteiger partial charge in [0.1, 0.15) is 5.69 Å². The molecule has 2 heterocycles. The van der Waals surface area contributed by atoms with Crippen molar-refractivity contribution in [2.75, 3.05) is 30.9 Å². The fourth-order valence-electron chi connectivity index (χ4n) is 1.67. The number of rotatable bonds is 2. The monoisotopic (exact) mass is 269 g/mol. The van der Waals surface area contributed by atoms with E-state index in [0.717, 1.165) is 30.3 Å². The van der Waals surface area contributed by atoms with Crippen molar-refractivity contribution in [3.8, 4) is 0 Å². The van der Waals surface area contributed by atoms with Crippen molar-refractivity contribution in [1.82, 2.24) is 14.9 Å². The van der Waals surface area contributed by atoms with E-state index in [9.17, 15) is 4.79 Å². The average molecular weight is 269 g/mol. The molecule has 1 aliphatic heterocycles. The molecule has 1 aromatic rings. The molecule has 0 radical (unpaired) electrons. The summed E-state index contributed by atoms with van der Waals surface area (Å²) in [6.45, 7) is 3.53. The van der Waals surface area contributed by atoms with Crippen molar-refractivity contribution in [2.45, 2.75) is 12.1 Å². The number of thioether (sulfide) groups is 2. The van der Waals surface area contributed by atoms with Crippen LogP contribution in [0.2, 0.25) is 0 Å². The third-order valence-corrected chi connectivity index (χ3v) is 4.02. The van der Waals surface area contributed by atoms with Crippen molar-refractivity contribution >= 4 is 29.4 Å². The van der Waals surface area contributed by atoms with Gasteiger partial charge in [0.25, 0.3) is 5.91 Å². The molecule has 0 aliphatic carbocycles. The maximum Gasteiger partial charge on any atom is 0.272 e. The Bertz CT molecular complexity index is 419. The van der Waals surface area contributed by atoms with E-state index in [2.05, 4.69) is 9.97 Å². The quantitative estimate of drug-likeness (QED) is 0.604. The SMILES string of the molecule is CSc1nc(C)cc(C(=O)N2CCSCC2)n1. The van der Waals surface area contributed by atoms with Crippen molar-refractivity contribution in [3.05, 3.63) is 17.5 Å². The molecule has 4 nitrogen and oxygen atoms in total. The first-order chi connectivity index (χ1) is 8.20. The molecule has 0 aromatic carbocycles. The number of carbonyl (C=O) groups excluding carboxylic acids is 1. The van der Waals surface area contributed by atoms with Crippen molar-refractivity contribution in [3.63, 3.8) is 0 Å². The van der Waals surface area contributed by atoms with E-state index in [1.807, 2.05) is 29.8 Å². The first-order valence-corrected chi connectivity index (χ1v) is 7.85. The molecule has 0 bridgehead atoms. The number of aromatic nitrogens is 2. The minimum atomic E-state index is 0.0334.